The molecular formula is C23H35N5O2. The summed E-state index contributed by atoms with van der Waals surface area (Å²) in [5, 5.41) is 18.3. The lowest BCUT2D eigenvalue weighted by molar-refractivity contribution is 0.117. The minimum atomic E-state index is 0.278. The largest absolute Gasteiger partial charge is 0.419 e. The minimum absolute atomic E-state index is 0.278. The fourth-order valence-electron chi connectivity index (χ4n) is 5.31. The monoisotopic (exact) mass is 413 g/mol. The Morgan fingerprint density at radius 2 is 2.13 bits per heavy atom. The number of likely N-dealkylation sites (tertiary alicyclic amines) is 1. The van der Waals surface area contributed by atoms with E-state index in [9.17, 15) is 5.11 Å². The van der Waals surface area contributed by atoms with Crippen LogP contribution >= 0.6 is 0 Å². The number of aromatic nitrogens is 4. The molecule has 2 aromatic rings. The highest BCUT2D eigenvalue weighted by molar-refractivity contribution is 5.44. The zero-order valence-corrected chi connectivity index (χ0v) is 18.7. The lowest BCUT2D eigenvalue weighted by Gasteiger charge is -2.39. The highest BCUT2D eigenvalue weighted by atomic mass is 16.4. The van der Waals surface area contributed by atoms with E-state index >= 15 is 0 Å². The molecule has 0 bridgehead atoms. The van der Waals surface area contributed by atoms with Crippen LogP contribution in [0.25, 0.3) is 11.6 Å². The molecule has 0 spiro atoms. The van der Waals surface area contributed by atoms with E-state index in [0.717, 1.165) is 38.0 Å². The van der Waals surface area contributed by atoms with Crippen LogP contribution in [-0.2, 0) is 13.5 Å². The third-order valence-electron chi connectivity index (χ3n) is 7.16. The summed E-state index contributed by atoms with van der Waals surface area (Å²) in [6, 6.07) is 0.341. The first kappa shape index (κ1) is 21.2. The molecule has 0 radical (unpaired) electrons. The van der Waals surface area contributed by atoms with Crippen molar-refractivity contribution in [2.45, 2.75) is 52.5 Å². The lowest BCUT2D eigenvalue weighted by Crippen LogP contribution is -2.40. The van der Waals surface area contributed by atoms with Crippen molar-refractivity contribution in [2.24, 2.45) is 30.7 Å². The molecule has 164 valence electrons. The maximum atomic E-state index is 9.70. The summed E-state index contributed by atoms with van der Waals surface area (Å²) in [7, 11) is 1.93. The second-order valence-corrected chi connectivity index (χ2v) is 9.48. The molecule has 30 heavy (non-hydrogen) atoms. The van der Waals surface area contributed by atoms with Gasteiger partial charge in [0.05, 0.1) is 19.1 Å². The van der Waals surface area contributed by atoms with Crippen molar-refractivity contribution in [2.75, 3.05) is 19.7 Å². The molecule has 7 nitrogen and oxygen atoms in total. The Bertz CT molecular complexity index is 871. The molecule has 1 saturated heterocycles. The van der Waals surface area contributed by atoms with Gasteiger partial charge in [0.15, 0.2) is 0 Å². The second kappa shape index (κ2) is 9.02. The summed E-state index contributed by atoms with van der Waals surface area (Å²) in [6.07, 6.45) is 10.2. The van der Waals surface area contributed by atoms with Gasteiger partial charge >= 0.3 is 0 Å². The molecule has 7 heteroatoms. The van der Waals surface area contributed by atoms with Crippen LogP contribution in [0.3, 0.4) is 0 Å². The van der Waals surface area contributed by atoms with Crippen LogP contribution in [0, 0.1) is 23.7 Å². The zero-order chi connectivity index (χ0) is 21.3. The fourth-order valence-corrected chi connectivity index (χ4v) is 5.31. The Hall–Kier alpha value is -1.99. The predicted molar refractivity (Wildman–Crippen MR) is 116 cm³/mol. The second-order valence-electron chi connectivity index (χ2n) is 9.48. The van der Waals surface area contributed by atoms with Crippen LogP contribution in [0.5, 0.6) is 0 Å². The molecule has 4 rings (SSSR count). The number of hydrogen-bond acceptors (Lipinski definition) is 6. The Morgan fingerprint density at radius 3 is 2.83 bits per heavy atom. The van der Waals surface area contributed by atoms with Gasteiger partial charge in [0.25, 0.3) is 5.89 Å². The Labute approximate surface area is 179 Å². The number of aliphatic hydroxyl groups excluding tert-OH is 1. The molecule has 1 fully saturated rings. The first-order chi connectivity index (χ1) is 14.5. The molecule has 1 N–H and O–H groups in total. The smallest absolute Gasteiger partial charge is 0.265 e. The Kier molecular flexibility index (Phi) is 6.39. The summed E-state index contributed by atoms with van der Waals surface area (Å²) < 4.78 is 7.86. The van der Waals surface area contributed by atoms with Crippen LogP contribution in [0.1, 0.15) is 45.9 Å². The molecule has 1 aliphatic heterocycles. The van der Waals surface area contributed by atoms with Crippen molar-refractivity contribution in [3.63, 3.8) is 0 Å². The zero-order valence-electron chi connectivity index (χ0n) is 18.7. The molecule has 2 aliphatic rings. The van der Waals surface area contributed by atoms with Crippen LogP contribution < -0.4 is 0 Å². The van der Waals surface area contributed by atoms with Gasteiger partial charge in [0.1, 0.15) is 5.69 Å². The van der Waals surface area contributed by atoms with E-state index in [1.54, 1.807) is 12.5 Å². The van der Waals surface area contributed by atoms with Crippen molar-refractivity contribution in [1.29, 1.82) is 0 Å². The van der Waals surface area contributed by atoms with Crippen LogP contribution in [0.2, 0.25) is 0 Å². The number of aryl methyl sites for hydroxylation is 1. The van der Waals surface area contributed by atoms with E-state index in [1.807, 2.05) is 11.6 Å². The van der Waals surface area contributed by atoms with E-state index in [-0.39, 0.29) is 6.61 Å². The van der Waals surface area contributed by atoms with Gasteiger partial charge in [-0.2, -0.15) is 0 Å². The molecule has 0 amide bonds. The predicted octanol–water partition coefficient (Wildman–Crippen LogP) is 3.32. The summed E-state index contributed by atoms with van der Waals surface area (Å²) in [5.41, 5.74) is 2.27. The fraction of sp³-hybridized carbons (Fsp3) is 0.696. The molecule has 0 aromatic carbocycles. The van der Waals surface area contributed by atoms with Crippen molar-refractivity contribution >= 4 is 0 Å². The van der Waals surface area contributed by atoms with Crippen molar-refractivity contribution in [1.82, 2.24) is 24.6 Å². The first-order valence-corrected chi connectivity index (χ1v) is 11.3. The summed E-state index contributed by atoms with van der Waals surface area (Å²) in [6.45, 7) is 9.37. The topological polar surface area (TPSA) is 80.2 Å². The number of allylic oxidation sites excluding steroid dienone is 1. The van der Waals surface area contributed by atoms with Gasteiger partial charge in [-0.3, -0.25) is 4.90 Å². The van der Waals surface area contributed by atoms with Gasteiger partial charge in [-0.05, 0) is 56.4 Å². The highest BCUT2D eigenvalue weighted by Gasteiger charge is 2.35. The van der Waals surface area contributed by atoms with E-state index in [1.165, 1.54) is 12.0 Å². The van der Waals surface area contributed by atoms with Gasteiger partial charge in [-0.1, -0.05) is 25.5 Å². The quantitative estimate of drug-likeness (QED) is 0.702. The van der Waals surface area contributed by atoms with Gasteiger partial charge in [-0.25, -0.2) is 4.98 Å². The van der Waals surface area contributed by atoms with Crippen LogP contribution in [0.4, 0.5) is 0 Å². The number of aliphatic hydroxyl groups is 1. The average Bonchev–Trinajstić information content (AvgIpc) is 3.44. The van der Waals surface area contributed by atoms with Crippen molar-refractivity contribution < 1.29 is 9.52 Å². The van der Waals surface area contributed by atoms with Gasteiger partial charge in [0.2, 0.25) is 5.89 Å². The average molecular weight is 414 g/mol. The van der Waals surface area contributed by atoms with Gasteiger partial charge in [-0.15, -0.1) is 10.2 Å². The summed E-state index contributed by atoms with van der Waals surface area (Å²) in [5.74, 6) is 3.44. The maximum absolute atomic E-state index is 9.70. The van der Waals surface area contributed by atoms with E-state index in [0.29, 0.717) is 41.5 Å². The van der Waals surface area contributed by atoms with Crippen LogP contribution in [0.15, 0.2) is 28.6 Å². The normalized spacial score (nSPS) is 27.7. The third-order valence-corrected chi connectivity index (χ3v) is 7.16. The number of rotatable bonds is 7. The molecule has 4 atom stereocenters. The van der Waals surface area contributed by atoms with Gasteiger partial charge < -0.3 is 14.1 Å². The first-order valence-electron chi connectivity index (χ1n) is 11.3. The van der Waals surface area contributed by atoms with E-state index in [2.05, 4.69) is 46.9 Å². The number of hydrogen-bond donors (Lipinski definition) is 1. The summed E-state index contributed by atoms with van der Waals surface area (Å²) >= 11 is 0. The van der Waals surface area contributed by atoms with Crippen LogP contribution in [-0.4, -0.2) is 55.5 Å². The molecular weight excluding hydrogens is 378 g/mol. The van der Waals surface area contributed by atoms with Crippen molar-refractivity contribution in [3.8, 4) is 11.6 Å². The molecule has 3 heterocycles. The SMILES string of the molecule is CC1=CC(CN2CCCC2CO)C(C(C)C)CC1Cc1nnc(-c2cncn2C)o1. The summed E-state index contributed by atoms with van der Waals surface area (Å²) in [4.78, 5) is 6.63. The number of nitrogens with zero attached hydrogens (tertiary/aromatic N) is 5. The van der Waals surface area contributed by atoms with Gasteiger partial charge in [0, 0.05) is 26.1 Å². The Balaban J connectivity index is 1.47. The molecule has 0 saturated carbocycles. The standard InChI is InChI=1S/C23H35N5O2/c1-15(2)20-9-17(10-22-25-26-23(30-22)21-11-24-14-27(21)4)16(3)8-18(20)12-28-7-5-6-19(28)13-29/h8,11,14-15,17-20,29H,5-7,9-10,12-13H2,1-4H3. The molecule has 4 unspecified atom stereocenters. The third kappa shape index (κ3) is 4.37. The lowest BCUT2D eigenvalue weighted by atomic mass is 9.69. The Morgan fingerprint density at radius 1 is 1.30 bits per heavy atom. The maximum Gasteiger partial charge on any atom is 0.265 e. The highest BCUT2D eigenvalue weighted by Crippen LogP contribution is 2.40. The molecule has 2 aromatic heterocycles. The minimum Gasteiger partial charge on any atom is -0.419 e. The number of imidazole rings is 1. The molecule has 1 aliphatic carbocycles. The van der Waals surface area contributed by atoms with E-state index < -0.39 is 0 Å². The van der Waals surface area contributed by atoms with Crippen molar-refractivity contribution in [3.05, 3.63) is 30.1 Å². The van der Waals surface area contributed by atoms with E-state index in [4.69, 9.17) is 4.42 Å².